The second kappa shape index (κ2) is 8.53. The van der Waals surface area contributed by atoms with Gasteiger partial charge in [0.1, 0.15) is 12.0 Å². The third-order valence-electron chi connectivity index (χ3n) is 5.70. The molecule has 0 saturated heterocycles. The highest BCUT2D eigenvalue weighted by Gasteiger charge is 2.24. The van der Waals surface area contributed by atoms with Crippen LogP contribution in [0.1, 0.15) is 11.4 Å². The summed E-state index contributed by atoms with van der Waals surface area (Å²) < 4.78 is 18.7. The molecule has 172 valence electrons. The molecule has 0 amide bonds. The number of hydrogen-bond donors (Lipinski definition) is 0. The molecule has 0 aliphatic carbocycles. The minimum atomic E-state index is 0.448. The zero-order valence-electron chi connectivity index (χ0n) is 19.0. The quantitative estimate of drug-likeness (QED) is 0.352. The maximum atomic E-state index is 6.21. The zero-order valence-corrected chi connectivity index (χ0v) is 19.0. The lowest BCUT2D eigenvalue weighted by Gasteiger charge is -2.08. The second-order valence-electron chi connectivity index (χ2n) is 7.82. The van der Waals surface area contributed by atoms with Crippen LogP contribution in [0.25, 0.3) is 39.5 Å². The highest BCUT2D eigenvalue weighted by atomic mass is 16.5. The minimum absolute atomic E-state index is 0.448. The van der Waals surface area contributed by atoms with Crippen LogP contribution in [0.4, 0.5) is 0 Å². The number of nitrogens with zero attached hydrogens (tertiary/aromatic N) is 6. The molecule has 35 heavy (non-hydrogen) atoms. The monoisotopic (exact) mass is 464 g/mol. The van der Waals surface area contributed by atoms with E-state index in [1.165, 1.54) is 0 Å². The van der Waals surface area contributed by atoms with Crippen LogP contribution in [-0.2, 0) is 6.42 Å². The topological polar surface area (TPSA) is 100 Å². The number of aromatic nitrogens is 6. The van der Waals surface area contributed by atoms with Gasteiger partial charge in [-0.2, -0.15) is 0 Å². The Kier molecular flexibility index (Phi) is 5.07. The van der Waals surface area contributed by atoms with Crippen molar-refractivity contribution in [1.29, 1.82) is 0 Å². The number of fused-ring (bicyclic) bond motifs is 3. The fourth-order valence-electron chi connectivity index (χ4n) is 4.12. The predicted octanol–water partition coefficient (Wildman–Crippen LogP) is 4.60. The Balaban J connectivity index is 1.53. The summed E-state index contributed by atoms with van der Waals surface area (Å²) in [6.45, 7) is 0. The Hall–Kier alpha value is -4.79. The van der Waals surface area contributed by atoms with Gasteiger partial charge in [0.05, 0.1) is 30.9 Å². The van der Waals surface area contributed by atoms with E-state index in [4.69, 9.17) is 18.9 Å². The first-order chi connectivity index (χ1) is 17.2. The maximum absolute atomic E-state index is 6.21. The van der Waals surface area contributed by atoms with Crippen LogP contribution in [0.15, 0.2) is 77.7 Å². The number of hydrogen-bond acceptors (Lipinski definition) is 8. The summed E-state index contributed by atoms with van der Waals surface area (Å²) >= 11 is 0. The zero-order chi connectivity index (χ0) is 23.8. The first-order valence-electron chi connectivity index (χ1n) is 11.0. The van der Waals surface area contributed by atoms with Gasteiger partial charge in [-0.3, -0.25) is 9.97 Å². The van der Waals surface area contributed by atoms with Crippen molar-refractivity contribution in [2.75, 3.05) is 14.2 Å². The van der Waals surface area contributed by atoms with Crippen LogP contribution in [-0.4, -0.2) is 43.8 Å². The molecule has 0 atom stereocenters. The van der Waals surface area contributed by atoms with E-state index in [0.29, 0.717) is 46.6 Å². The van der Waals surface area contributed by atoms with Crippen molar-refractivity contribution in [3.63, 3.8) is 0 Å². The molecule has 0 aliphatic rings. The van der Waals surface area contributed by atoms with Crippen molar-refractivity contribution in [2.45, 2.75) is 6.42 Å². The van der Waals surface area contributed by atoms with Crippen molar-refractivity contribution in [1.82, 2.24) is 29.5 Å². The van der Waals surface area contributed by atoms with E-state index in [1.807, 2.05) is 54.6 Å². The highest BCUT2D eigenvalue weighted by Crippen LogP contribution is 2.40. The van der Waals surface area contributed by atoms with Crippen LogP contribution in [0, 0.1) is 0 Å². The number of furan rings is 1. The molecule has 9 heteroatoms. The summed E-state index contributed by atoms with van der Waals surface area (Å²) in [5.74, 6) is 2.55. The summed E-state index contributed by atoms with van der Waals surface area (Å²) in [6.07, 6.45) is 5.59. The summed E-state index contributed by atoms with van der Waals surface area (Å²) in [7, 11) is 3.23. The Morgan fingerprint density at radius 2 is 1.63 bits per heavy atom. The molecule has 0 fully saturated rings. The van der Waals surface area contributed by atoms with E-state index in [9.17, 15) is 0 Å². The minimum Gasteiger partial charge on any atom is -0.493 e. The van der Waals surface area contributed by atoms with Gasteiger partial charge in [-0.15, -0.1) is 5.10 Å². The van der Waals surface area contributed by atoms with Gasteiger partial charge in [-0.05, 0) is 42.0 Å². The van der Waals surface area contributed by atoms with Gasteiger partial charge in [-0.25, -0.2) is 14.5 Å². The molecule has 0 radical (unpaired) electrons. The normalized spacial score (nSPS) is 11.3. The molecule has 0 saturated carbocycles. The number of ether oxygens (including phenoxy) is 2. The van der Waals surface area contributed by atoms with Crippen LogP contribution < -0.4 is 9.47 Å². The fourth-order valence-corrected chi connectivity index (χ4v) is 4.12. The number of benzene rings is 1. The lowest BCUT2D eigenvalue weighted by Crippen LogP contribution is -1.95. The molecule has 6 aromatic rings. The third kappa shape index (κ3) is 3.63. The van der Waals surface area contributed by atoms with Crippen LogP contribution in [0.5, 0.6) is 11.5 Å². The molecule has 0 spiro atoms. The smallest absolute Gasteiger partial charge is 0.232 e. The van der Waals surface area contributed by atoms with Crippen molar-refractivity contribution in [2.24, 2.45) is 0 Å². The van der Waals surface area contributed by atoms with E-state index in [2.05, 4.69) is 20.1 Å². The van der Waals surface area contributed by atoms with E-state index in [1.54, 1.807) is 37.5 Å². The van der Waals surface area contributed by atoms with Crippen LogP contribution in [0.3, 0.4) is 0 Å². The first-order valence-corrected chi connectivity index (χ1v) is 11.0. The largest absolute Gasteiger partial charge is 0.493 e. The number of pyridine rings is 2. The standard InChI is InChI=1S/C26H20N6O3/c1-33-19-10-9-16(13-20(19)34-2)14-21-30-25-23-22(17-7-3-5-11-27-17)24(18-8-4-6-12-28-18)35-26(23)29-15-32(25)31-21/h3-13,15H,14H2,1-2H3. The van der Waals surface area contributed by atoms with Gasteiger partial charge >= 0.3 is 0 Å². The Labute approximate surface area is 200 Å². The number of rotatable bonds is 6. The average molecular weight is 464 g/mol. The molecule has 1 aromatic carbocycles. The molecular weight excluding hydrogens is 444 g/mol. The van der Waals surface area contributed by atoms with E-state index in [-0.39, 0.29) is 0 Å². The molecule has 0 aliphatic heterocycles. The molecular formula is C26H20N6O3. The highest BCUT2D eigenvalue weighted by molar-refractivity contribution is 6.06. The Morgan fingerprint density at radius 1 is 0.857 bits per heavy atom. The average Bonchev–Trinajstić information content (AvgIpc) is 3.50. The lowest BCUT2D eigenvalue weighted by molar-refractivity contribution is 0.354. The molecule has 0 N–H and O–H groups in total. The Morgan fingerprint density at radius 3 is 2.34 bits per heavy atom. The Bertz CT molecular complexity index is 1640. The molecule has 0 unspecified atom stereocenters. The molecule has 6 rings (SSSR count). The molecule has 5 aromatic heterocycles. The summed E-state index contributed by atoms with van der Waals surface area (Å²) in [5.41, 5.74) is 4.29. The van der Waals surface area contributed by atoms with Crippen molar-refractivity contribution < 1.29 is 13.9 Å². The van der Waals surface area contributed by atoms with E-state index in [0.717, 1.165) is 22.2 Å². The predicted molar refractivity (Wildman–Crippen MR) is 129 cm³/mol. The van der Waals surface area contributed by atoms with Crippen molar-refractivity contribution >= 4 is 16.7 Å². The summed E-state index contributed by atoms with van der Waals surface area (Å²) in [4.78, 5) is 18.4. The second-order valence-corrected chi connectivity index (χ2v) is 7.82. The molecule has 5 heterocycles. The van der Waals surface area contributed by atoms with Gasteiger partial charge in [0.2, 0.25) is 5.71 Å². The summed E-state index contributed by atoms with van der Waals surface area (Å²) in [6, 6.07) is 17.2. The summed E-state index contributed by atoms with van der Waals surface area (Å²) in [5, 5.41) is 5.40. The van der Waals surface area contributed by atoms with Gasteiger partial charge in [0, 0.05) is 18.8 Å². The van der Waals surface area contributed by atoms with Gasteiger partial charge < -0.3 is 13.9 Å². The van der Waals surface area contributed by atoms with Crippen LogP contribution >= 0.6 is 0 Å². The lowest BCUT2D eigenvalue weighted by atomic mass is 10.1. The van der Waals surface area contributed by atoms with E-state index >= 15 is 0 Å². The van der Waals surface area contributed by atoms with E-state index < -0.39 is 0 Å². The molecule has 0 bridgehead atoms. The molecule has 9 nitrogen and oxygen atoms in total. The maximum Gasteiger partial charge on any atom is 0.232 e. The van der Waals surface area contributed by atoms with Crippen molar-refractivity contribution in [3.05, 3.63) is 84.7 Å². The number of methoxy groups -OCH3 is 2. The van der Waals surface area contributed by atoms with Gasteiger partial charge in [0.25, 0.3) is 0 Å². The van der Waals surface area contributed by atoms with Crippen LogP contribution in [0.2, 0.25) is 0 Å². The fraction of sp³-hybridized carbons (Fsp3) is 0.115. The third-order valence-corrected chi connectivity index (χ3v) is 5.70. The van der Waals surface area contributed by atoms with Gasteiger partial charge in [-0.1, -0.05) is 18.2 Å². The SMILES string of the molecule is COc1ccc(Cc2nc3c4c(-c5ccccn5)c(-c5ccccn5)oc4ncn3n2)cc1OC. The van der Waals surface area contributed by atoms with Gasteiger partial charge in [0.15, 0.2) is 28.7 Å². The first kappa shape index (κ1) is 20.8. The van der Waals surface area contributed by atoms with Crippen molar-refractivity contribution in [3.8, 4) is 34.2 Å².